The van der Waals surface area contributed by atoms with Crippen molar-refractivity contribution in [1.82, 2.24) is 14.7 Å². The van der Waals surface area contributed by atoms with E-state index < -0.39 is 10.0 Å². The molecule has 1 aliphatic carbocycles. The van der Waals surface area contributed by atoms with Gasteiger partial charge in [-0.15, -0.1) is 0 Å². The van der Waals surface area contributed by atoms with Crippen LogP contribution in [0.4, 0.5) is 4.39 Å². The highest BCUT2D eigenvalue weighted by Gasteiger charge is 2.35. The van der Waals surface area contributed by atoms with Gasteiger partial charge in [0, 0.05) is 5.56 Å². The van der Waals surface area contributed by atoms with Crippen molar-refractivity contribution in [3.8, 4) is 11.3 Å². The third-order valence-electron chi connectivity index (χ3n) is 3.28. The summed E-state index contributed by atoms with van der Waals surface area (Å²) in [7, 11) is -3.23. The van der Waals surface area contributed by atoms with Crippen molar-refractivity contribution in [2.24, 2.45) is 0 Å². The first-order valence-electron chi connectivity index (χ1n) is 6.60. The van der Waals surface area contributed by atoms with Gasteiger partial charge in [0.15, 0.2) is 0 Å². The lowest BCUT2D eigenvalue weighted by Gasteiger charge is -2.06. The molecule has 1 N–H and O–H groups in total. The molecule has 0 atom stereocenters. The highest BCUT2D eigenvalue weighted by Crippen LogP contribution is 2.27. The SMILES string of the molecule is O=S(=O)(NCc1cc(-c2ccc(F)cc2)ncn1)C1CC1. The first-order chi connectivity index (χ1) is 10.0. The molecule has 0 unspecified atom stereocenters. The van der Waals surface area contributed by atoms with E-state index in [4.69, 9.17) is 0 Å². The van der Waals surface area contributed by atoms with Gasteiger partial charge in [0.2, 0.25) is 10.0 Å². The van der Waals surface area contributed by atoms with Crippen LogP contribution >= 0.6 is 0 Å². The van der Waals surface area contributed by atoms with Gasteiger partial charge >= 0.3 is 0 Å². The molecule has 7 heteroatoms. The zero-order valence-corrected chi connectivity index (χ0v) is 12.0. The highest BCUT2D eigenvalue weighted by atomic mass is 32.2. The number of nitrogens with one attached hydrogen (secondary N) is 1. The molecule has 3 rings (SSSR count). The van der Waals surface area contributed by atoms with Crippen LogP contribution < -0.4 is 4.72 Å². The Bertz CT molecular complexity index is 743. The van der Waals surface area contributed by atoms with Crippen LogP contribution in [0.1, 0.15) is 18.5 Å². The lowest BCUT2D eigenvalue weighted by Crippen LogP contribution is -2.27. The third kappa shape index (κ3) is 3.43. The molecule has 0 saturated heterocycles. The van der Waals surface area contributed by atoms with E-state index in [9.17, 15) is 12.8 Å². The lowest BCUT2D eigenvalue weighted by molar-refractivity contribution is 0.579. The molecule has 2 aromatic rings. The van der Waals surface area contributed by atoms with Crippen LogP contribution in [0.25, 0.3) is 11.3 Å². The van der Waals surface area contributed by atoms with Crippen molar-refractivity contribution in [3.63, 3.8) is 0 Å². The minimum atomic E-state index is -3.23. The molecular weight excluding hydrogens is 293 g/mol. The number of hydrogen-bond acceptors (Lipinski definition) is 4. The van der Waals surface area contributed by atoms with Crippen molar-refractivity contribution < 1.29 is 12.8 Å². The number of hydrogen-bond donors (Lipinski definition) is 1. The first kappa shape index (κ1) is 14.1. The Labute approximate surface area is 122 Å². The average molecular weight is 307 g/mol. The Balaban J connectivity index is 1.75. The fourth-order valence-electron chi connectivity index (χ4n) is 1.94. The van der Waals surface area contributed by atoms with E-state index in [-0.39, 0.29) is 17.6 Å². The lowest BCUT2D eigenvalue weighted by atomic mass is 10.1. The number of nitrogens with zero attached hydrogens (tertiary/aromatic N) is 2. The molecule has 1 aromatic heterocycles. The second-order valence-corrected chi connectivity index (χ2v) is 7.01. The molecule has 0 aliphatic heterocycles. The Morgan fingerprint density at radius 1 is 1.19 bits per heavy atom. The molecule has 1 saturated carbocycles. The van der Waals surface area contributed by atoms with Crippen molar-refractivity contribution in [2.75, 3.05) is 0 Å². The van der Waals surface area contributed by atoms with Gasteiger partial charge in [-0.3, -0.25) is 0 Å². The zero-order chi connectivity index (χ0) is 14.9. The van der Waals surface area contributed by atoms with Crippen molar-refractivity contribution >= 4 is 10.0 Å². The largest absolute Gasteiger partial charge is 0.240 e. The van der Waals surface area contributed by atoms with Gasteiger partial charge in [0.1, 0.15) is 12.1 Å². The van der Waals surface area contributed by atoms with Crippen LogP contribution in [0.3, 0.4) is 0 Å². The summed E-state index contributed by atoms with van der Waals surface area (Å²) in [5.41, 5.74) is 1.96. The molecule has 0 spiro atoms. The van der Waals surface area contributed by atoms with Crippen LogP contribution in [-0.4, -0.2) is 23.6 Å². The number of benzene rings is 1. The van der Waals surface area contributed by atoms with Crippen LogP contribution in [-0.2, 0) is 16.6 Å². The summed E-state index contributed by atoms with van der Waals surface area (Å²) in [6.45, 7) is 0.134. The maximum atomic E-state index is 12.9. The van der Waals surface area contributed by atoms with E-state index in [1.165, 1.54) is 18.5 Å². The number of sulfonamides is 1. The van der Waals surface area contributed by atoms with E-state index in [0.717, 1.165) is 18.4 Å². The standard InChI is InChI=1S/C14H14FN3O2S/c15-11-3-1-10(2-4-11)14-7-12(16-9-17-14)8-18-21(19,20)13-5-6-13/h1-4,7,9,13,18H,5-6,8H2. The molecule has 0 amide bonds. The molecular formula is C14H14FN3O2S. The minimum Gasteiger partial charge on any atom is -0.240 e. The zero-order valence-electron chi connectivity index (χ0n) is 11.2. The summed E-state index contributed by atoms with van der Waals surface area (Å²) in [5, 5.41) is -0.254. The van der Waals surface area contributed by atoms with Gasteiger partial charge in [-0.1, -0.05) is 0 Å². The molecule has 110 valence electrons. The Hall–Kier alpha value is -1.86. The number of rotatable bonds is 5. The van der Waals surface area contributed by atoms with Gasteiger partial charge in [0.05, 0.1) is 23.2 Å². The molecule has 1 aliphatic rings. The highest BCUT2D eigenvalue weighted by molar-refractivity contribution is 7.90. The van der Waals surface area contributed by atoms with Gasteiger partial charge in [-0.25, -0.2) is 27.5 Å². The third-order valence-corrected chi connectivity index (χ3v) is 5.18. The van der Waals surface area contributed by atoms with Crippen LogP contribution in [0, 0.1) is 5.82 Å². The van der Waals surface area contributed by atoms with E-state index in [1.54, 1.807) is 18.2 Å². The summed E-state index contributed by atoms with van der Waals surface area (Å²) < 4.78 is 39.0. The number of halogens is 1. The normalized spacial score (nSPS) is 15.1. The maximum Gasteiger partial charge on any atom is 0.214 e. The van der Waals surface area contributed by atoms with Gasteiger partial charge in [0.25, 0.3) is 0 Å². The maximum absolute atomic E-state index is 12.9. The number of aromatic nitrogens is 2. The van der Waals surface area contributed by atoms with Crippen molar-refractivity contribution in [3.05, 3.63) is 48.2 Å². The topological polar surface area (TPSA) is 72.0 Å². The minimum absolute atomic E-state index is 0.134. The Morgan fingerprint density at radius 3 is 2.57 bits per heavy atom. The van der Waals surface area contributed by atoms with Gasteiger partial charge in [-0.05, 0) is 43.2 Å². The van der Waals surface area contributed by atoms with Crippen LogP contribution in [0.2, 0.25) is 0 Å². The second-order valence-electron chi connectivity index (χ2n) is 4.97. The van der Waals surface area contributed by atoms with E-state index >= 15 is 0 Å². The summed E-state index contributed by atoms with van der Waals surface area (Å²) in [4.78, 5) is 8.17. The smallest absolute Gasteiger partial charge is 0.214 e. The Morgan fingerprint density at radius 2 is 1.90 bits per heavy atom. The van der Waals surface area contributed by atoms with Crippen LogP contribution in [0.15, 0.2) is 36.7 Å². The summed E-state index contributed by atoms with van der Waals surface area (Å²) in [6, 6.07) is 7.65. The second kappa shape index (κ2) is 5.50. The molecule has 0 radical (unpaired) electrons. The predicted octanol–water partition coefficient (Wildman–Crippen LogP) is 1.86. The first-order valence-corrected chi connectivity index (χ1v) is 8.14. The molecule has 0 bridgehead atoms. The van der Waals surface area contributed by atoms with E-state index in [1.807, 2.05) is 0 Å². The average Bonchev–Trinajstić information content (AvgIpc) is 3.31. The summed E-state index contributed by atoms with van der Waals surface area (Å²) >= 11 is 0. The molecule has 1 heterocycles. The fourth-order valence-corrected chi connectivity index (χ4v) is 3.28. The van der Waals surface area contributed by atoms with Crippen molar-refractivity contribution in [2.45, 2.75) is 24.6 Å². The monoisotopic (exact) mass is 307 g/mol. The molecule has 5 nitrogen and oxygen atoms in total. The quantitative estimate of drug-likeness (QED) is 0.915. The molecule has 21 heavy (non-hydrogen) atoms. The summed E-state index contributed by atoms with van der Waals surface area (Å²) in [5.74, 6) is -0.315. The van der Waals surface area contributed by atoms with E-state index in [0.29, 0.717) is 11.4 Å². The van der Waals surface area contributed by atoms with Crippen molar-refractivity contribution in [1.29, 1.82) is 0 Å². The molecule has 1 aromatic carbocycles. The Kier molecular flexibility index (Phi) is 3.69. The predicted molar refractivity (Wildman–Crippen MR) is 76.2 cm³/mol. The summed E-state index contributed by atoms with van der Waals surface area (Å²) in [6.07, 6.45) is 2.82. The van der Waals surface area contributed by atoms with Gasteiger partial charge < -0.3 is 0 Å². The van der Waals surface area contributed by atoms with Gasteiger partial charge in [-0.2, -0.15) is 0 Å². The van der Waals surface area contributed by atoms with E-state index in [2.05, 4.69) is 14.7 Å². The molecule has 1 fully saturated rings. The van der Waals surface area contributed by atoms with Crippen LogP contribution in [0.5, 0.6) is 0 Å². The fraction of sp³-hybridized carbons (Fsp3) is 0.286.